The molecule has 4 rings (SSSR count). The number of hydrogen-bond donors (Lipinski definition) is 1. The summed E-state index contributed by atoms with van der Waals surface area (Å²) in [5.74, 6) is 0.445. The third-order valence-corrected chi connectivity index (χ3v) is 6.58. The Morgan fingerprint density at radius 1 is 1.06 bits per heavy atom. The van der Waals surface area contributed by atoms with Gasteiger partial charge in [-0.25, -0.2) is 0 Å². The Balaban J connectivity index is 1.51. The summed E-state index contributed by atoms with van der Waals surface area (Å²) >= 11 is 1.59. The van der Waals surface area contributed by atoms with Gasteiger partial charge >= 0.3 is 0 Å². The van der Waals surface area contributed by atoms with E-state index in [0.29, 0.717) is 24.4 Å². The fraction of sp³-hybridized carbons (Fsp3) is 0.280. The van der Waals surface area contributed by atoms with E-state index in [9.17, 15) is 9.59 Å². The van der Waals surface area contributed by atoms with E-state index in [2.05, 4.69) is 17.4 Å². The molecule has 1 aromatic heterocycles. The number of methoxy groups -OCH3 is 1. The van der Waals surface area contributed by atoms with Gasteiger partial charge < -0.3 is 15.0 Å². The maximum atomic E-state index is 13.2. The molecule has 0 radical (unpaired) electrons. The number of likely N-dealkylation sites (tertiary alicyclic amines) is 1. The minimum atomic E-state index is -0.251. The first kappa shape index (κ1) is 21.1. The van der Waals surface area contributed by atoms with Gasteiger partial charge in [-0.1, -0.05) is 42.5 Å². The van der Waals surface area contributed by atoms with Gasteiger partial charge in [-0.15, -0.1) is 11.3 Å². The van der Waals surface area contributed by atoms with Crippen molar-refractivity contribution in [3.8, 4) is 5.75 Å². The quantitative estimate of drug-likeness (QED) is 0.599. The maximum absolute atomic E-state index is 13.2. The average Bonchev–Trinajstić information content (AvgIpc) is 3.32. The molecular weight excluding hydrogens is 408 g/mol. The average molecular weight is 435 g/mol. The molecule has 31 heavy (non-hydrogen) atoms. The molecule has 1 aliphatic heterocycles. The Hall–Kier alpha value is -3.12. The molecular formula is C25H26N2O3S. The highest BCUT2D eigenvalue weighted by Gasteiger charge is 2.35. The van der Waals surface area contributed by atoms with Gasteiger partial charge in [-0.2, -0.15) is 0 Å². The number of carbonyl (C=O) groups excluding carboxylic acids is 2. The summed E-state index contributed by atoms with van der Waals surface area (Å²) in [6.45, 7) is 0.416. The molecule has 160 valence electrons. The first-order valence-electron chi connectivity index (χ1n) is 10.5. The topological polar surface area (TPSA) is 58.6 Å². The zero-order valence-electron chi connectivity index (χ0n) is 17.5. The van der Waals surface area contributed by atoms with Gasteiger partial charge in [0.15, 0.2) is 0 Å². The van der Waals surface area contributed by atoms with Crippen molar-refractivity contribution in [2.24, 2.45) is 5.92 Å². The SMILES string of the molecule is COc1cccc(NC(=O)C2CCC(c3ccccc3)N(C(=O)Cc3cccs3)C2)c1. The molecule has 0 spiro atoms. The molecule has 1 fully saturated rings. The van der Waals surface area contributed by atoms with Gasteiger partial charge in [0, 0.05) is 23.2 Å². The summed E-state index contributed by atoms with van der Waals surface area (Å²) in [5.41, 5.74) is 1.82. The number of thiophene rings is 1. The fourth-order valence-electron chi connectivity index (χ4n) is 4.09. The van der Waals surface area contributed by atoms with Crippen molar-refractivity contribution in [1.82, 2.24) is 4.90 Å². The van der Waals surface area contributed by atoms with Crippen molar-refractivity contribution in [1.29, 1.82) is 0 Å². The summed E-state index contributed by atoms with van der Waals surface area (Å²) in [6.07, 6.45) is 1.86. The number of hydrogen-bond acceptors (Lipinski definition) is 4. The summed E-state index contributed by atoms with van der Waals surface area (Å²) in [4.78, 5) is 29.2. The van der Waals surface area contributed by atoms with Gasteiger partial charge in [0.25, 0.3) is 0 Å². The Labute approximate surface area is 186 Å². The van der Waals surface area contributed by atoms with Gasteiger partial charge in [-0.05, 0) is 42.0 Å². The molecule has 0 bridgehead atoms. The van der Waals surface area contributed by atoms with Crippen LogP contribution in [0.4, 0.5) is 5.69 Å². The van der Waals surface area contributed by atoms with Crippen LogP contribution < -0.4 is 10.1 Å². The second-order valence-electron chi connectivity index (χ2n) is 7.72. The Morgan fingerprint density at radius 3 is 2.65 bits per heavy atom. The molecule has 2 aromatic carbocycles. The zero-order chi connectivity index (χ0) is 21.6. The summed E-state index contributed by atoms with van der Waals surface area (Å²) < 4.78 is 5.24. The smallest absolute Gasteiger partial charge is 0.229 e. The Kier molecular flexibility index (Phi) is 6.67. The van der Waals surface area contributed by atoms with Crippen LogP contribution in [0.25, 0.3) is 0 Å². The first-order chi connectivity index (χ1) is 15.1. The van der Waals surface area contributed by atoms with E-state index in [1.807, 2.05) is 58.8 Å². The van der Waals surface area contributed by atoms with Crippen LogP contribution in [-0.4, -0.2) is 30.4 Å². The van der Waals surface area contributed by atoms with E-state index in [0.717, 1.165) is 23.3 Å². The van der Waals surface area contributed by atoms with E-state index >= 15 is 0 Å². The Morgan fingerprint density at radius 2 is 1.90 bits per heavy atom. The number of nitrogens with zero attached hydrogens (tertiary/aromatic N) is 1. The predicted molar refractivity (Wildman–Crippen MR) is 123 cm³/mol. The minimum Gasteiger partial charge on any atom is -0.497 e. The van der Waals surface area contributed by atoms with Crippen molar-refractivity contribution < 1.29 is 14.3 Å². The largest absolute Gasteiger partial charge is 0.497 e. The van der Waals surface area contributed by atoms with Crippen LogP contribution in [0.3, 0.4) is 0 Å². The van der Waals surface area contributed by atoms with Crippen LogP contribution in [0.15, 0.2) is 72.1 Å². The van der Waals surface area contributed by atoms with Crippen molar-refractivity contribution >= 4 is 28.8 Å². The number of carbonyl (C=O) groups is 2. The number of amides is 2. The fourth-order valence-corrected chi connectivity index (χ4v) is 4.79. The number of benzene rings is 2. The van der Waals surface area contributed by atoms with Crippen LogP contribution in [0, 0.1) is 5.92 Å². The molecule has 0 saturated carbocycles. The molecule has 6 heteroatoms. The lowest BCUT2D eigenvalue weighted by molar-refractivity contribution is -0.137. The normalized spacial score (nSPS) is 18.4. The molecule has 0 aliphatic carbocycles. The predicted octanol–water partition coefficient (Wildman–Crippen LogP) is 4.92. The van der Waals surface area contributed by atoms with Gasteiger partial charge in [0.2, 0.25) is 11.8 Å². The van der Waals surface area contributed by atoms with Crippen LogP contribution in [0.2, 0.25) is 0 Å². The van der Waals surface area contributed by atoms with Gasteiger partial charge in [0.05, 0.1) is 25.5 Å². The van der Waals surface area contributed by atoms with Crippen molar-refractivity contribution in [2.45, 2.75) is 25.3 Å². The monoisotopic (exact) mass is 434 g/mol. The summed E-state index contributed by atoms with van der Waals surface area (Å²) in [5, 5.41) is 4.98. The number of piperidine rings is 1. The molecule has 2 unspecified atom stereocenters. The number of rotatable bonds is 6. The molecule has 2 atom stereocenters. The number of nitrogens with one attached hydrogen (secondary N) is 1. The van der Waals surface area contributed by atoms with E-state index in [1.54, 1.807) is 24.5 Å². The molecule has 1 aliphatic rings. The van der Waals surface area contributed by atoms with E-state index in [1.165, 1.54) is 0 Å². The molecule has 3 aromatic rings. The zero-order valence-corrected chi connectivity index (χ0v) is 18.3. The third kappa shape index (κ3) is 5.14. The standard InChI is InChI=1S/C25H26N2O3S/c1-30-21-10-5-9-20(15-21)26-25(29)19-12-13-23(18-7-3-2-4-8-18)27(17-19)24(28)16-22-11-6-14-31-22/h2-11,14-15,19,23H,12-13,16-17H2,1H3,(H,26,29). The minimum absolute atomic E-state index is 0.00506. The number of ether oxygens (including phenoxy) is 1. The lowest BCUT2D eigenvalue weighted by atomic mass is 9.88. The van der Waals surface area contributed by atoms with Crippen LogP contribution in [-0.2, 0) is 16.0 Å². The van der Waals surface area contributed by atoms with Crippen molar-refractivity contribution in [2.75, 3.05) is 19.0 Å². The van der Waals surface area contributed by atoms with Crippen LogP contribution in [0.1, 0.15) is 29.3 Å². The van der Waals surface area contributed by atoms with Gasteiger partial charge in [0.1, 0.15) is 5.75 Å². The maximum Gasteiger partial charge on any atom is 0.229 e. The van der Waals surface area contributed by atoms with Gasteiger partial charge in [-0.3, -0.25) is 9.59 Å². The third-order valence-electron chi connectivity index (χ3n) is 5.70. The molecule has 1 N–H and O–H groups in total. The van der Waals surface area contributed by atoms with E-state index in [4.69, 9.17) is 4.74 Å². The van der Waals surface area contributed by atoms with Crippen molar-refractivity contribution in [3.63, 3.8) is 0 Å². The van der Waals surface area contributed by atoms with E-state index in [-0.39, 0.29) is 23.8 Å². The highest BCUT2D eigenvalue weighted by atomic mass is 32.1. The second kappa shape index (κ2) is 9.79. The molecule has 2 heterocycles. The summed E-state index contributed by atoms with van der Waals surface area (Å²) in [7, 11) is 1.60. The van der Waals surface area contributed by atoms with Crippen molar-refractivity contribution in [3.05, 3.63) is 82.6 Å². The highest BCUT2D eigenvalue weighted by Crippen LogP contribution is 2.34. The number of anilines is 1. The molecule has 2 amide bonds. The Bertz CT molecular complexity index is 1020. The summed E-state index contributed by atoms with van der Waals surface area (Å²) in [6, 6.07) is 21.4. The highest BCUT2D eigenvalue weighted by molar-refractivity contribution is 7.10. The second-order valence-corrected chi connectivity index (χ2v) is 8.76. The lowest BCUT2D eigenvalue weighted by Gasteiger charge is -2.39. The van der Waals surface area contributed by atoms with Crippen LogP contribution >= 0.6 is 11.3 Å². The lowest BCUT2D eigenvalue weighted by Crippen LogP contribution is -2.46. The first-order valence-corrected chi connectivity index (χ1v) is 11.3. The van der Waals surface area contributed by atoms with E-state index < -0.39 is 0 Å². The van der Waals surface area contributed by atoms with Crippen LogP contribution in [0.5, 0.6) is 5.75 Å². The molecule has 5 nitrogen and oxygen atoms in total. The molecule has 1 saturated heterocycles.